The SMILES string of the molecule is O=C(c1cccs1)N(C1=c2cc(O)ccc2=NCN1Cl)c1ccccc1. The molecule has 0 saturated carbocycles. The highest BCUT2D eigenvalue weighted by Gasteiger charge is 2.28. The Morgan fingerprint density at radius 2 is 1.96 bits per heavy atom. The van der Waals surface area contributed by atoms with E-state index in [1.54, 1.807) is 29.2 Å². The molecule has 7 heteroatoms. The first-order chi connectivity index (χ1) is 12.6. The van der Waals surface area contributed by atoms with Crippen LogP contribution in [0.2, 0.25) is 0 Å². The maximum atomic E-state index is 13.3. The molecule has 1 amide bonds. The maximum Gasteiger partial charge on any atom is 0.274 e. The molecule has 0 spiro atoms. The topological polar surface area (TPSA) is 56.1 Å². The number of benzene rings is 2. The van der Waals surface area contributed by atoms with E-state index in [1.807, 2.05) is 41.8 Å². The Morgan fingerprint density at radius 1 is 1.15 bits per heavy atom. The number of phenolic OH excluding ortho intramolecular Hbond substituents is 1. The molecule has 0 aliphatic carbocycles. The molecule has 0 unspecified atom stereocenters. The van der Waals surface area contributed by atoms with Gasteiger partial charge in [0.25, 0.3) is 5.91 Å². The lowest BCUT2D eigenvalue weighted by Gasteiger charge is -2.31. The summed E-state index contributed by atoms with van der Waals surface area (Å²) in [4.78, 5) is 19.8. The lowest BCUT2D eigenvalue weighted by Crippen LogP contribution is -2.46. The molecule has 5 nitrogen and oxygen atoms in total. The Bertz CT molecular complexity index is 1070. The van der Waals surface area contributed by atoms with Crippen molar-refractivity contribution in [2.75, 3.05) is 11.6 Å². The van der Waals surface area contributed by atoms with Gasteiger partial charge in [-0.25, -0.2) is 4.42 Å². The average Bonchev–Trinajstić information content (AvgIpc) is 3.19. The third kappa shape index (κ3) is 2.94. The summed E-state index contributed by atoms with van der Waals surface area (Å²) in [6.07, 6.45) is 0. The minimum atomic E-state index is -0.192. The third-order valence-corrected chi connectivity index (χ3v) is 5.10. The van der Waals surface area contributed by atoms with Crippen molar-refractivity contribution in [3.63, 3.8) is 0 Å². The predicted octanol–water partition coefficient (Wildman–Crippen LogP) is 2.91. The zero-order valence-corrected chi connectivity index (χ0v) is 15.1. The molecule has 0 atom stereocenters. The number of phenols is 1. The molecule has 130 valence electrons. The summed E-state index contributed by atoms with van der Waals surface area (Å²) in [6, 6.07) is 17.8. The molecule has 1 aliphatic heterocycles. The summed E-state index contributed by atoms with van der Waals surface area (Å²) >= 11 is 7.81. The predicted molar refractivity (Wildman–Crippen MR) is 102 cm³/mol. The molecular formula is C19H14ClN3O2S. The second-order valence-corrected chi connectivity index (χ2v) is 7.00. The van der Waals surface area contributed by atoms with Gasteiger partial charge in [-0.05, 0) is 41.8 Å². The highest BCUT2D eigenvalue weighted by Crippen LogP contribution is 2.27. The summed E-state index contributed by atoms with van der Waals surface area (Å²) < 4.78 is 1.39. The van der Waals surface area contributed by atoms with Crippen LogP contribution in [0.1, 0.15) is 9.67 Å². The summed E-state index contributed by atoms with van der Waals surface area (Å²) in [5.74, 6) is 0.361. The maximum absolute atomic E-state index is 13.3. The van der Waals surface area contributed by atoms with Gasteiger partial charge in [0.1, 0.15) is 18.2 Å². The molecule has 1 aliphatic rings. The molecule has 2 heterocycles. The zero-order chi connectivity index (χ0) is 18.1. The van der Waals surface area contributed by atoms with Gasteiger partial charge in [0.05, 0.1) is 15.9 Å². The van der Waals surface area contributed by atoms with Gasteiger partial charge in [-0.2, -0.15) is 0 Å². The molecule has 1 aromatic heterocycles. The van der Waals surface area contributed by atoms with E-state index in [-0.39, 0.29) is 18.3 Å². The van der Waals surface area contributed by atoms with Crippen LogP contribution in [0.3, 0.4) is 0 Å². The monoisotopic (exact) mass is 383 g/mol. The van der Waals surface area contributed by atoms with Crippen LogP contribution in [-0.2, 0) is 0 Å². The minimum absolute atomic E-state index is 0.0833. The van der Waals surface area contributed by atoms with Crippen LogP contribution in [0.5, 0.6) is 5.75 Å². The number of thiophene rings is 1. The molecule has 0 fully saturated rings. The average molecular weight is 384 g/mol. The number of amides is 1. The van der Waals surface area contributed by atoms with Crippen molar-refractivity contribution in [3.05, 3.63) is 81.5 Å². The minimum Gasteiger partial charge on any atom is -0.508 e. The molecule has 1 N–H and O–H groups in total. The number of hydrogen-bond acceptors (Lipinski definition) is 5. The summed E-state index contributed by atoms with van der Waals surface area (Å²) in [5, 5.41) is 13.1. The van der Waals surface area contributed by atoms with Gasteiger partial charge in [-0.15, -0.1) is 11.3 Å². The van der Waals surface area contributed by atoms with E-state index in [0.717, 1.165) is 0 Å². The Labute approximate surface area is 158 Å². The lowest BCUT2D eigenvalue weighted by atomic mass is 10.2. The van der Waals surface area contributed by atoms with E-state index in [4.69, 9.17) is 11.8 Å². The van der Waals surface area contributed by atoms with Crippen molar-refractivity contribution in [2.24, 2.45) is 4.99 Å². The van der Waals surface area contributed by atoms with Crippen LogP contribution in [0.4, 0.5) is 5.69 Å². The number of aromatic hydroxyl groups is 1. The Hall–Kier alpha value is -2.83. The number of nitrogens with zero attached hydrogens (tertiary/aromatic N) is 3. The molecule has 0 radical (unpaired) electrons. The molecule has 0 saturated heterocycles. The quantitative estimate of drug-likeness (QED) is 0.707. The fourth-order valence-electron chi connectivity index (χ4n) is 2.83. The van der Waals surface area contributed by atoms with Gasteiger partial charge in [-0.1, -0.05) is 24.3 Å². The van der Waals surface area contributed by atoms with E-state index in [9.17, 15) is 9.90 Å². The third-order valence-electron chi connectivity index (χ3n) is 3.98. The van der Waals surface area contributed by atoms with Crippen molar-refractivity contribution >= 4 is 40.5 Å². The molecule has 0 bridgehead atoms. The number of carbonyl (C=O) groups is 1. The van der Waals surface area contributed by atoms with Crippen molar-refractivity contribution in [2.45, 2.75) is 0 Å². The fourth-order valence-corrected chi connectivity index (χ4v) is 3.70. The van der Waals surface area contributed by atoms with Crippen LogP contribution >= 0.6 is 23.1 Å². The number of anilines is 1. The molecule has 26 heavy (non-hydrogen) atoms. The van der Waals surface area contributed by atoms with Crippen molar-refractivity contribution in [3.8, 4) is 5.75 Å². The smallest absolute Gasteiger partial charge is 0.274 e. The number of halogens is 1. The second-order valence-electron chi connectivity index (χ2n) is 5.64. The molecule has 2 aromatic carbocycles. The number of carbonyl (C=O) groups excluding carboxylic acids is 1. The standard InChI is InChI=1S/C19H14ClN3O2S/c20-22-12-21-16-9-8-14(24)11-15(16)18(22)23(13-5-2-1-3-6-13)19(25)17-7-4-10-26-17/h1-11,24H,12H2. The lowest BCUT2D eigenvalue weighted by molar-refractivity contribution is 0.100. The van der Waals surface area contributed by atoms with Crippen LogP contribution in [-0.4, -0.2) is 22.1 Å². The van der Waals surface area contributed by atoms with E-state index in [0.29, 0.717) is 27.0 Å². The fraction of sp³-hybridized carbons (Fsp3) is 0.0526. The largest absolute Gasteiger partial charge is 0.508 e. The first-order valence-corrected chi connectivity index (χ1v) is 9.11. The Morgan fingerprint density at radius 3 is 2.69 bits per heavy atom. The van der Waals surface area contributed by atoms with Gasteiger partial charge in [-0.3, -0.25) is 14.7 Å². The second kappa shape index (κ2) is 6.82. The highest BCUT2D eigenvalue weighted by molar-refractivity contribution is 7.12. The first kappa shape index (κ1) is 16.6. The van der Waals surface area contributed by atoms with E-state index in [1.165, 1.54) is 15.8 Å². The van der Waals surface area contributed by atoms with Crippen LogP contribution in [0.15, 0.2) is 71.0 Å². The Kier molecular flexibility index (Phi) is 4.36. The summed E-state index contributed by atoms with van der Waals surface area (Å²) in [7, 11) is 0. The van der Waals surface area contributed by atoms with Gasteiger partial charge >= 0.3 is 0 Å². The van der Waals surface area contributed by atoms with Crippen LogP contribution in [0.25, 0.3) is 5.82 Å². The van der Waals surface area contributed by atoms with Crippen molar-refractivity contribution in [1.29, 1.82) is 0 Å². The van der Waals surface area contributed by atoms with E-state index < -0.39 is 0 Å². The summed E-state index contributed by atoms with van der Waals surface area (Å²) in [6.45, 7) is 0.204. The highest BCUT2D eigenvalue weighted by atomic mass is 35.5. The number of para-hydroxylation sites is 1. The van der Waals surface area contributed by atoms with E-state index in [2.05, 4.69) is 4.99 Å². The van der Waals surface area contributed by atoms with Gasteiger partial charge in [0.15, 0.2) is 0 Å². The van der Waals surface area contributed by atoms with Gasteiger partial charge in [0.2, 0.25) is 0 Å². The van der Waals surface area contributed by atoms with E-state index >= 15 is 0 Å². The molecule has 3 aromatic rings. The Balaban J connectivity index is 2.01. The first-order valence-electron chi connectivity index (χ1n) is 7.89. The number of fused-ring (bicyclic) bond motifs is 1. The number of rotatable bonds is 3. The van der Waals surface area contributed by atoms with Gasteiger partial charge < -0.3 is 5.11 Å². The summed E-state index contributed by atoms with van der Waals surface area (Å²) in [5.41, 5.74) is 0.683. The number of hydrogen-bond donors (Lipinski definition) is 1. The van der Waals surface area contributed by atoms with Crippen molar-refractivity contribution in [1.82, 2.24) is 4.42 Å². The van der Waals surface area contributed by atoms with Crippen molar-refractivity contribution < 1.29 is 9.90 Å². The van der Waals surface area contributed by atoms with Crippen LogP contribution in [0, 0.1) is 0 Å². The van der Waals surface area contributed by atoms with Gasteiger partial charge in [0, 0.05) is 17.0 Å². The zero-order valence-electron chi connectivity index (χ0n) is 13.5. The van der Waals surface area contributed by atoms with Crippen LogP contribution < -0.4 is 15.5 Å². The normalized spacial score (nSPS) is 13.1. The molecular weight excluding hydrogens is 370 g/mol. The molecule has 4 rings (SSSR count).